The normalized spacial score (nSPS) is 10.4. The molecule has 0 N–H and O–H groups in total. The van der Waals surface area contributed by atoms with Gasteiger partial charge >= 0.3 is 0 Å². The lowest BCUT2D eigenvalue weighted by Crippen LogP contribution is -2.00. The Balaban J connectivity index is 2.31. The van der Waals surface area contributed by atoms with Gasteiger partial charge in [0.25, 0.3) is 0 Å². The van der Waals surface area contributed by atoms with Crippen LogP contribution in [0.2, 0.25) is 0 Å². The van der Waals surface area contributed by atoms with Gasteiger partial charge in [-0.05, 0) is 24.6 Å². The fraction of sp³-hybridized carbons (Fsp3) is 0.273. The van der Waals surface area contributed by atoms with Crippen molar-refractivity contribution in [1.82, 2.24) is 14.8 Å². The van der Waals surface area contributed by atoms with Gasteiger partial charge in [0.05, 0.1) is 0 Å². The number of hydrogen-bond acceptors (Lipinski definition) is 2. The van der Waals surface area contributed by atoms with Crippen molar-refractivity contribution in [2.24, 2.45) is 0 Å². The Kier molecular flexibility index (Phi) is 2.58. The van der Waals surface area contributed by atoms with Gasteiger partial charge < -0.3 is 0 Å². The summed E-state index contributed by atoms with van der Waals surface area (Å²) in [6, 6.07) is 7.94. The fourth-order valence-electron chi connectivity index (χ4n) is 1.39. The van der Waals surface area contributed by atoms with Crippen LogP contribution in [0.4, 0.5) is 0 Å². The molecule has 2 aromatic rings. The van der Waals surface area contributed by atoms with Crippen molar-refractivity contribution in [3.63, 3.8) is 0 Å². The van der Waals surface area contributed by atoms with Gasteiger partial charge in [0.2, 0.25) is 0 Å². The quantitative estimate of drug-likeness (QED) is 0.737. The molecule has 2 heterocycles. The first-order valence-electron chi connectivity index (χ1n) is 4.86. The van der Waals surface area contributed by atoms with Crippen molar-refractivity contribution < 1.29 is 0 Å². The summed E-state index contributed by atoms with van der Waals surface area (Å²) in [6.45, 7) is 2.16. The van der Waals surface area contributed by atoms with Crippen LogP contribution in [0.5, 0.6) is 0 Å². The molecular formula is C11H13N3. The highest BCUT2D eigenvalue weighted by atomic mass is 15.3. The minimum atomic E-state index is 0.890. The van der Waals surface area contributed by atoms with Crippen molar-refractivity contribution >= 4 is 0 Å². The van der Waals surface area contributed by atoms with Crippen LogP contribution in [-0.4, -0.2) is 14.8 Å². The molecule has 3 heteroatoms. The van der Waals surface area contributed by atoms with Gasteiger partial charge in [-0.15, -0.1) is 0 Å². The van der Waals surface area contributed by atoms with Crippen molar-refractivity contribution in [3.8, 4) is 5.82 Å². The molecule has 2 aromatic heterocycles. The molecule has 0 aliphatic carbocycles. The molecule has 0 spiro atoms. The van der Waals surface area contributed by atoms with E-state index in [1.165, 1.54) is 0 Å². The van der Waals surface area contributed by atoms with Crippen LogP contribution >= 0.6 is 0 Å². The first-order valence-corrected chi connectivity index (χ1v) is 4.86. The lowest BCUT2D eigenvalue weighted by Gasteiger charge is -2.02. The molecule has 0 aromatic carbocycles. The van der Waals surface area contributed by atoms with Gasteiger partial charge in [-0.3, -0.25) is 0 Å². The number of rotatable bonds is 3. The SMILES string of the molecule is CCCc1cccc(-n2cccn2)n1. The molecule has 0 aliphatic heterocycles. The molecule has 0 bridgehead atoms. The maximum atomic E-state index is 4.51. The van der Waals surface area contributed by atoms with Crippen LogP contribution in [0.25, 0.3) is 5.82 Å². The van der Waals surface area contributed by atoms with E-state index in [-0.39, 0.29) is 0 Å². The second-order valence-corrected chi connectivity index (χ2v) is 3.19. The first kappa shape index (κ1) is 8.94. The van der Waals surface area contributed by atoms with Gasteiger partial charge in [-0.1, -0.05) is 19.4 Å². The number of hydrogen-bond donors (Lipinski definition) is 0. The maximum absolute atomic E-state index is 4.51. The minimum Gasteiger partial charge on any atom is -0.234 e. The van der Waals surface area contributed by atoms with E-state index in [4.69, 9.17) is 0 Å². The summed E-state index contributed by atoms with van der Waals surface area (Å²) in [6.07, 6.45) is 5.80. The smallest absolute Gasteiger partial charge is 0.153 e. The van der Waals surface area contributed by atoms with Crippen molar-refractivity contribution in [1.29, 1.82) is 0 Å². The van der Waals surface area contributed by atoms with Crippen LogP contribution in [0.3, 0.4) is 0 Å². The zero-order valence-electron chi connectivity index (χ0n) is 8.22. The zero-order chi connectivity index (χ0) is 9.80. The highest BCUT2D eigenvalue weighted by Gasteiger charge is 1.98. The average molecular weight is 187 g/mol. The minimum absolute atomic E-state index is 0.890. The summed E-state index contributed by atoms with van der Waals surface area (Å²) in [7, 11) is 0. The van der Waals surface area contributed by atoms with E-state index in [1.807, 2.05) is 24.4 Å². The van der Waals surface area contributed by atoms with Crippen LogP contribution in [0.1, 0.15) is 19.0 Å². The lowest BCUT2D eigenvalue weighted by atomic mass is 10.2. The van der Waals surface area contributed by atoms with Crippen molar-refractivity contribution in [2.45, 2.75) is 19.8 Å². The lowest BCUT2D eigenvalue weighted by molar-refractivity contribution is 0.814. The maximum Gasteiger partial charge on any atom is 0.153 e. The number of aromatic nitrogens is 3. The standard InChI is InChI=1S/C11H13N3/c1-2-5-10-6-3-7-11(13-10)14-9-4-8-12-14/h3-4,6-9H,2,5H2,1H3. The molecule has 0 fully saturated rings. The van der Waals surface area contributed by atoms with Gasteiger partial charge in [-0.25, -0.2) is 9.67 Å². The molecule has 72 valence electrons. The molecule has 0 saturated heterocycles. The Morgan fingerprint density at radius 2 is 2.21 bits per heavy atom. The van der Waals surface area contributed by atoms with Crippen molar-refractivity contribution in [2.75, 3.05) is 0 Å². The Morgan fingerprint density at radius 3 is 2.93 bits per heavy atom. The van der Waals surface area contributed by atoms with Crippen LogP contribution in [0.15, 0.2) is 36.7 Å². The molecule has 3 nitrogen and oxygen atoms in total. The van der Waals surface area contributed by atoms with Gasteiger partial charge in [0.15, 0.2) is 5.82 Å². The van der Waals surface area contributed by atoms with Crippen LogP contribution < -0.4 is 0 Å². The largest absolute Gasteiger partial charge is 0.234 e. The Morgan fingerprint density at radius 1 is 1.29 bits per heavy atom. The molecule has 0 amide bonds. The fourth-order valence-corrected chi connectivity index (χ4v) is 1.39. The molecule has 0 atom stereocenters. The average Bonchev–Trinajstić information content (AvgIpc) is 2.71. The van der Waals surface area contributed by atoms with E-state index < -0.39 is 0 Å². The Labute approximate surface area is 83.4 Å². The molecule has 0 saturated carbocycles. The summed E-state index contributed by atoms with van der Waals surface area (Å²) in [4.78, 5) is 4.51. The zero-order valence-corrected chi connectivity index (χ0v) is 8.22. The summed E-state index contributed by atoms with van der Waals surface area (Å²) in [5.41, 5.74) is 1.13. The highest BCUT2D eigenvalue weighted by molar-refractivity contribution is 5.23. The highest BCUT2D eigenvalue weighted by Crippen LogP contribution is 2.05. The Bertz CT molecular complexity index is 393. The van der Waals surface area contributed by atoms with Crippen molar-refractivity contribution in [3.05, 3.63) is 42.4 Å². The molecule has 14 heavy (non-hydrogen) atoms. The number of pyridine rings is 1. The van der Waals surface area contributed by atoms with E-state index in [9.17, 15) is 0 Å². The second-order valence-electron chi connectivity index (χ2n) is 3.19. The predicted molar refractivity (Wildman–Crippen MR) is 55.4 cm³/mol. The monoisotopic (exact) mass is 187 g/mol. The third kappa shape index (κ3) is 1.82. The molecule has 0 radical (unpaired) electrons. The van der Waals surface area contributed by atoms with Gasteiger partial charge in [0, 0.05) is 18.1 Å². The number of nitrogens with zero attached hydrogens (tertiary/aromatic N) is 3. The van der Waals surface area contributed by atoms with E-state index >= 15 is 0 Å². The predicted octanol–water partition coefficient (Wildman–Crippen LogP) is 2.22. The molecule has 0 aliphatic rings. The number of aryl methyl sites for hydroxylation is 1. The molecule has 0 unspecified atom stereocenters. The third-order valence-corrected chi connectivity index (χ3v) is 2.04. The summed E-state index contributed by atoms with van der Waals surface area (Å²) in [5.74, 6) is 0.890. The first-order chi connectivity index (χ1) is 6.90. The Hall–Kier alpha value is -1.64. The summed E-state index contributed by atoms with van der Waals surface area (Å²) < 4.78 is 1.78. The van der Waals surface area contributed by atoms with E-state index in [1.54, 1.807) is 10.9 Å². The third-order valence-electron chi connectivity index (χ3n) is 2.04. The second kappa shape index (κ2) is 4.05. The van der Waals surface area contributed by atoms with E-state index in [2.05, 4.69) is 23.1 Å². The molecular weight excluding hydrogens is 174 g/mol. The van der Waals surface area contributed by atoms with Gasteiger partial charge in [0.1, 0.15) is 0 Å². The van der Waals surface area contributed by atoms with Crippen LogP contribution in [0, 0.1) is 0 Å². The summed E-state index contributed by atoms with van der Waals surface area (Å²) >= 11 is 0. The van der Waals surface area contributed by atoms with E-state index in [0.29, 0.717) is 0 Å². The van der Waals surface area contributed by atoms with E-state index in [0.717, 1.165) is 24.4 Å². The molecule has 2 rings (SSSR count). The topological polar surface area (TPSA) is 30.7 Å². The summed E-state index contributed by atoms with van der Waals surface area (Å²) in [5, 5.41) is 4.14. The van der Waals surface area contributed by atoms with Gasteiger partial charge in [-0.2, -0.15) is 5.10 Å². The van der Waals surface area contributed by atoms with Crippen LogP contribution in [-0.2, 0) is 6.42 Å².